The summed E-state index contributed by atoms with van der Waals surface area (Å²) in [6, 6.07) is 86.2. The van der Waals surface area contributed by atoms with Gasteiger partial charge in [0.15, 0.2) is 0 Å². The SMILES string of the molecule is O=[N+]([O-])c1ccccc1-c1cc2c(c3ccccc13)-c1ccccc1C21c2ccccc2-c2ccccc21.O=[N+]([O-])c1ccccc1Br.OB(O)c1cc2c(c3ccccc13)-c1ccccc1C21c2ccccc2-c2ccccc21. The van der Waals surface area contributed by atoms with Gasteiger partial charge in [0, 0.05) is 12.1 Å². The van der Waals surface area contributed by atoms with Gasteiger partial charge in [0.25, 0.3) is 11.4 Å². The molecular formula is C70H44BBrN2O6. The van der Waals surface area contributed by atoms with Crippen molar-refractivity contribution in [2.75, 3.05) is 0 Å². The van der Waals surface area contributed by atoms with E-state index in [1.807, 2.05) is 42.5 Å². The molecule has 0 aliphatic heterocycles. The lowest BCUT2D eigenvalue weighted by atomic mass is 9.67. The van der Waals surface area contributed by atoms with E-state index in [1.165, 1.54) is 89.5 Å². The molecule has 0 unspecified atom stereocenters. The van der Waals surface area contributed by atoms with Crippen LogP contribution in [0.4, 0.5) is 11.4 Å². The number of nitro groups is 2. The van der Waals surface area contributed by atoms with Crippen LogP contribution in [0.5, 0.6) is 0 Å². The lowest BCUT2D eigenvalue weighted by Gasteiger charge is -2.31. The molecule has 4 aliphatic rings. The monoisotopic (exact) mass is 1100 g/mol. The number of fused-ring (bicyclic) bond motifs is 24. The molecule has 10 heteroatoms. The predicted octanol–water partition coefficient (Wildman–Crippen LogP) is 16.0. The van der Waals surface area contributed by atoms with Gasteiger partial charge in [0.1, 0.15) is 0 Å². The van der Waals surface area contributed by atoms with Crippen molar-refractivity contribution in [3.8, 4) is 55.6 Å². The van der Waals surface area contributed by atoms with Crippen LogP contribution in [0, 0.1) is 20.2 Å². The molecule has 0 aromatic heterocycles. The summed E-state index contributed by atoms with van der Waals surface area (Å²) in [5.74, 6) is 0. The molecule has 0 saturated heterocycles. The van der Waals surface area contributed by atoms with Gasteiger partial charge < -0.3 is 10.0 Å². The van der Waals surface area contributed by atoms with Crippen LogP contribution in [0.15, 0.2) is 259 Å². The van der Waals surface area contributed by atoms with E-state index in [9.17, 15) is 30.3 Å². The van der Waals surface area contributed by atoms with Crippen molar-refractivity contribution in [2.24, 2.45) is 0 Å². The molecule has 0 bridgehead atoms. The molecule has 12 aromatic carbocycles. The molecule has 0 heterocycles. The van der Waals surface area contributed by atoms with Gasteiger partial charge in [-0.05, 0) is 156 Å². The summed E-state index contributed by atoms with van der Waals surface area (Å²) >= 11 is 3.06. The normalized spacial score (nSPS) is 13.3. The lowest BCUT2D eigenvalue weighted by Crippen LogP contribution is -2.33. The van der Waals surface area contributed by atoms with Crippen molar-refractivity contribution in [1.29, 1.82) is 0 Å². The third-order valence-corrected chi connectivity index (χ3v) is 17.4. The number of rotatable bonds is 4. The van der Waals surface area contributed by atoms with Gasteiger partial charge in [-0.2, -0.15) is 0 Å². The van der Waals surface area contributed by atoms with Crippen LogP contribution < -0.4 is 5.46 Å². The summed E-state index contributed by atoms with van der Waals surface area (Å²) < 4.78 is 0.514. The zero-order valence-electron chi connectivity index (χ0n) is 42.6. The van der Waals surface area contributed by atoms with E-state index in [-0.39, 0.29) is 16.3 Å². The van der Waals surface area contributed by atoms with E-state index in [1.54, 1.807) is 30.3 Å². The Labute approximate surface area is 469 Å². The van der Waals surface area contributed by atoms with Crippen LogP contribution in [0.3, 0.4) is 0 Å². The molecular weight excluding hydrogens is 1060 g/mol. The minimum Gasteiger partial charge on any atom is -0.423 e. The predicted molar refractivity (Wildman–Crippen MR) is 323 cm³/mol. The topological polar surface area (TPSA) is 127 Å². The second kappa shape index (κ2) is 18.8. The van der Waals surface area contributed by atoms with Gasteiger partial charge in [0.2, 0.25) is 0 Å². The van der Waals surface area contributed by atoms with Crippen LogP contribution in [-0.4, -0.2) is 27.0 Å². The second-order valence-corrected chi connectivity index (χ2v) is 21.3. The van der Waals surface area contributed by atoms with Gasteiger partial charge in [-0.15, -0.1) is 0 Å². The fourth-order valence-corrected chi connectivity index (χ4v) is 14.3. The van der Waals surface area contributed by atoms with Crippen molar-refractivity contribution in [3.05, 3.63) is 324 Å². The molecule has 8 nitrogen and oxygen atoms in total. The number of halogens is 1. The Morgan fingerprint density at radius 1 is 0.325 bits per heavy atom. The summed E-state index contributed by atoms with van der Waals surface area (Å²) in [6.45, 7) is 0. The molecule has 0 fully saturated rings. The molecule has 0 radical (unpaired) electrons. The highest BCUT2D eigenvalue weighted by molar-refractivity contribution is 9.10. The Kier molecular flexibility index (Phi) is 11.5. The number of benzene rings is 12. The third kappa shape index (κ3) is 6.89. The Balaban J connectivity index is 0.000000124. The van der Waals surface area contributed by atoms with E-state index in [4.69, 9.17) is 0 Å². The molecule has 0 atom stereocenters. The molecule has 2 spiro atoms. The number of nitrogens with zero attached hydrogens (tertiary/aromatic N) is 2. The highest BCUT2D eigenvalue weighted by Crippen LogP contribution is 2.66. The average Bonchev–Trinajstić information content (AvgIpc) is 2.20. The minimum atomic E-state index is -1.54. The van der Waals surface area contributed by atoms with Crippen molar-refractivity contribution >= 4 is 61.4 Å². The molecule has 2 N–H and O–H groups in total. The van der Waals surface area contributed by atoms with Crippen LogP contribution in [-0.2, 0) is 10.8 Å². The first kappa shape index (κ1) is 48.8. The van der Waals surface area contributed by atoms with Gasteiger partial charge in [-0.25, -0.2) is 0 Å². The molecule has 4 aliphatic carbocycles. The quantitative estimate of drug-likeness (QED) is 0.103. The molecule has 80 heavy (non-hydrogen) atoms. The maximum Gasteiger partial charge on any atom is 0.489 e. The van der Waals surface area contributed by atoms with E-state index < -0.39 is 22.9 Å². The summed E-state index contributed by atoms with van der Waals surface area (Å²) in [5.41, 5.74) is 21.0. The summed E-state index contributed by atoms with van der Waals surface area (Å²) in [4.78, 5) is 21.6. The van der Waals surface area contributed by atoms with Crippen molar-refractivity contribution < 1.29 is 19.9 Å². The van der Waals surface area contributed by atoms with E-state index in [2.05, 4.69) is 192 Å². The molecule has 380 valence electrons. The Morgan fingerprint density at radius 2 is 0.637 bits per heavy atom. The standard InChI is InChI=1S/C35H21NO2.C29H19BO2.C6H4BrNO2/c37-36(38)33-20-10-6-14-25(33)28-21-32-34(26-15-2-1-11-22(26)28)27-16-5-9-19-31(27)35(32)29-17-7-3-12-23(29)24-13-4-8-18-30(24)35;31-30(32)27-17-26-28(21-12-2-1-11-20(21)27)22-13-5-8-16-25(22)29(26)23-14-6-3-9-18(23)19-10-4-7-15-24(19)29;7-5-3-1-2-4-6(5)8(9)10/h1-21H;1-17,31-32H;1-4H. The molecule has 12 aromatic rings. The first-order valence-corrected chi connectivity index (χ1v) is 27.1. The fourth-order valence-electron chi connectivity index (χ4n) is 13.8. The lowest BCUT2D eigenvalue weighted by molar-refractivity contribution is -0.385. The zero-order chi connectivity index (χ0) is 54.4. The zero-order valence-corrected chi connectivity index (χ0v) is 44.2. The van der Waals surface area contributed by atoms with Gasteiger partial charge in [-0.1, -0.05) is 224 Å². The Bertz CT molecular complexity index is 4500. The van der Waals surface area contributed by atoms with E-state index in [0.717, 1.165) is 32.7 Å². The molecule has 0 saturated carbocycles. The second-order valence-electron chi connectivity index (χ2n) is 20.5. The van der Waals surface area contributed by atoms with Crippen LogP contribution >= 0.6 is 15.9 Å². The van der Waals surface area contributed by atoms with Crippen LogP contribution in [0.25, 0.3) is 77.2 Å². The first-order valence-electron chi connectivity index (χ1n) is 26.3. The minimum absolute atomic E-state index is 0.0995. The van der Waals surface area contributed by atoms with E-state index in [0.29, 0.717) is 15.5 Å². The summed E-state index contributed by atoms with van der Waals surface area (Å²) in [7, 11) is -1.54. The molecule has 0 amide bonds. The van der Waals surface area contributed by atoms with Crippen LogP contribution in [0.1, 0.15) is 44.5 Å². The Morgan fingerprint density at radius 3 is 1.05 bits per heavy atom. The highest BCUT2D eigenvalue weighted by atomic mass is 79.9. The maximum atomic E-state index is 12.1. The number of hydrogen-bond donors (Lipinski definition) is 2. The van der Waals surface area contributed by atoms with Gasteiger partial charge >= 0.3 is 7.12 Å². The van der Waals surface area contributed by atoms with Crippen molar-refractivity contribution in [2.45, 2.75) is 10.8 Å². The number of nitro benzene ring substituents is 2. The third-order valence-electron chi connectivity index (χ3n) is 16.8. The highest BCUT2D eigenvalue weighted by Gasteiger charge is 2.54. The van der Waals surface area contributed by atoms with Gasteiger partial charge in [0.05, 0.1) is 30.7 Å². The largest absolute Gasteiger partial charge is 0.489 e. The first-order chi connectivity index (χ1) is 39.1. The van der Waals surface area contributed by atoms with Crippen molar-refractivity contribution in [1.82, 2.24) is 0 Å². The fraction of sp³-hybridized carbons (Fsp3) is 0.0286. The maximum absolute atomic E-state index is 12.1. The van der Waals surface area contributed by atoms with Gasteiger partial charge in [-0.3, -0.25) is 20.2 Å². The van der Waals surface area contributed by atoms with Crippen LogP contribution in [0.2, 0.25) is 0 Å². The number of para-hydroxylation sites is 2. The average molecular weight is 1100 g/mol. The number of hydrogen-bond acceptors (Lipinski definition) is 6. The molecule has 16 rings (SSSR count). The Hall–Kier alpha value is -9.58. The van der Waals surface area contributed by atoms with E-state index >= 15 is 0 Å². The van der Waals surface area contributed by atoms with Crippen molar-refractivity contribution in [3.63, 3.8) is 0 Å². The summed E-state index contributed by atoms with van der Waals surface area (Å²) in [6.07, 6.45) is 0. The summed E-state index contributed by atoms with van der Waals surface area (Å²) in [5, 5.41) is 47.1. The smallest absolute Gasteiger partial charge is 0.423 e.